The van der Waals surface area contributed by atoms with Gasteiger partial charge in [0.25, 0.3) is 5.91 Å². The maximum Gasteiger partial charge on any atom is 0.418 e. The second-order valence-corrected chi connectivity index (χ2v) is 5.54. The third-order valence-corrected chi connectivity index (χ3v) is 3.74. The summed E-state index contributed by atoms with van der Waals surface area (Å²) in [4.78, 5) is 20.3. The molecular weight excluding hydrogens is 343 g/mol. The minimum atomic E-state index is -4.59. The summed E-state index contributed by atoms with van der Waals surface area (Å²) in [6.45, 7) is 3.66. The molecule has 0 aliphatic rings. The Kier molecular flexibility index (Phi) is 4.71. The fourth-order valence-corrected chi connectivity index (χ4v) is 2.48. The molecule has 0 aliphatic heterocycles. The number of nitrogens with zero attached hydrogens (tertiary/aromatic N) is 2. The molecule has 0 aliphatic carbocycles. The van der Waals surface area contributed by atoms with E-state index in [0.717, 1.165) is 6.07 Å². The van der Waals surface area contributed by atoms with Crippen molar-refractivity contribution in [3.8, 4) is 0 Å². The van der Waals surface area contributed by atoms with Crippen molar-refractivity contribution in [1.82, 2.24) is 15.3 Å². The molecule has 0 radical (unpaired) electrons. The summed E-state index contributed by atoms with van der Waals surface area (Å²) in [6, 6.07) is 10.6. The lowest BCUT2D eigenvalue weighted by atomic mass is 10.0. The number of amides is 1. The predicted octanol–water partition coefficient (Wildman–Crippen LogP) is 4.22. The minimum absolute atomic E-state index is 0.0923. The molecule has 0 bridgehead atoms. The third-order valence-electron chi connectivity index (χ3n) is 3.74. The highest BCUT2D eigenvalue weighted by Crippen LogP contribution is 2.35. The number of halogens is 3. The van der Waals surface area contributed by atoms with Gasteiger partial charge in [-0.1, -0.05) is 24.8 Å². The van der Waals surface area contributed by atoms with Gasteiger partial charge in [-0.3, -0.25) is 9.78 Å². The van der Waals surface area contributed by atoms with E-state index in [1.807, 2.05) is 0 Å². The molecule has 2 aromatic heterocycles. The molecule has 0 atom stereocenters. The van der Waals surface area contributed by atoms with E-state index in [4.69, 9.17) is 0 Å². The molecule has 4 nitrogen and oxygen atoms in total. The molecule has 0 saturated carbocycles. The van der Waals surface area contributed by atoms with Crippen LogP contribution in [0.4, 0.5) is 13.2 Å². The summed E-state index contributed by atoms with van der Waals surface area (Å²) in [5.74, 6) is -0.571. The monoisotopic (exact) mass is 357 g/mol. The van der Waals surface area contributed by atoms with E-state index in [2.05, 4.69) is 21.9 Å². The summed E-state index contributed by atoms with van der Waals surface area (Å²) >= 11 is 0. The van der Waals surface area contributed by atoms with Gasteiger partial charge in [-0.2, -0.15) is 13.2 Å². The van der Waals surface area contributed by atoms with Gasteiger partial charge in [0.15, 0.2) is 0 Å². The van der Waals surface area contributed by atoms with Crippen LogP contribution in [0.5, 0.6) is 0 Å². The van der Waals surface area contributed by atoms with E-state index in [0.29, 0.717) is 11.3 Å². The van der Waals surface area contributed by atoms with Crippen LogP contribution in [0.1, 0.15) is 27.3 Å². The van der Waals surface area contributed by atoms with Gasteiger partial charge in [-0.05, 0) is 35.9 Å². The van der Waals surface area contributed by atoms with E-state index in [9.17, 15) is 18.0 Å². The van der Waals surface area contributed by atoms with Gasteiger partial charge < -0.3 is 5.32 Å². The quantitative estimate of drug-likeness (QED) is 0.761. The maximum absolute atomic E-state index is 13.4. The average molecular weight is 357 g/mol. The number of hydrogen-bond donors (Lipinski definition) is 1. The highest BCUT2D eigenvalue weighted by atomic mass is 19.4. The Hall–Kier alpha value is -3.22. The maximum atomic E-state index is 13.4. The van der Waals surface area contributed by atoms with Crippen LogP contribution in [0.2, 0.25) is 0 Å². The first kappa shape index (κ1) is 17.6. The van der Waals surface area contributed by atoms with Crippen LogP contribution in [-0.4, -0.2) is 15.9 Å². The third kappa shape index (κ3) is 3.72. The zero-order valence-electron chi connectivity index (χ0n) is 13.5. The van der Waals surface area contributed by atoms with Crippen molar-refractivity contribution >= 4 is 22.9 Å². The van der Waals surface area contributed by atoms with Crippen molar-refractivity contribution in [3.05, 3.63) is 77.8 Å². The van der Waals surface area contributed by atoms with E-state index >= 15 is 0 Å². The number of nitrogens with one attached hydrogen (secondary N) is 1. The molecule has 3 rings (SSSR count). The van der Waals surface area contributed by atoms with Crippen LogP contribution < -0.4 is 5.32 Å². The van der Waals surface area contributed by atoms with Crippen molar-refractivity contribution in [1.29, 1.82) is 0 Å². The van der Waals surface area contributed by atoms with E-state index in [-0.39, 0.29) is 23.1 Å². The van der Waals surface area contributed by atoms with E-state index in [1.165, 1.54) is 18.2 Å². The minimum Gasteiger partial charge on any atom is -0.345 e. The fraction of sp³-hybridized carbons (Fsp3) is 0.105. The number of aromatic nitrogens is 2. The van der Waals surface area contributed by atoms with Gasteiger partial charge in [0.2, 0.25) is 0 Å². The first-order chi connectivity index (χ1) is 12.4. The predicted molar refractivity (Wildman–Crippen MR) is 92.2 cm³/mol. The van der Waals surface area contributed by atoms with Gasteiger partial charge in [0.05, 0.1) is 23.3 Å². The standard InChI is InChI=1S/C19H14F3N3O/c1-2-12-9-13-6-7-16(25-17(13)15(10-12)19(20,21)22)18(26)24-11-14-5-3-4-8-23-14/h2-10H,1,11H2,(H,24,26). The number of fused-ring (bicyclic) bond motifs is 1. The normalized spacial score (nSPS) is 11.3. The first-order valence-corrected chi connectivity index (χ1v) is 7.71. The van der Waals surface area contributed by atoms with Crippen LogP contribution >= 0.6 is 0 Å². The van der Waals surface area contributed by atoms with Crippen LogP contribution in [0.15, 0.2) is 55.2 Å². The summed E-state index contributed by atoms with van der Waals surface area (Å²) < 4.78 is 40.1. The Balaban J connectivity index is 1.95. The average Bonchev–Trinajstić information content (AvgIpc) is 2.64. The zero-order valence-corrected chi connectivity index (χ0v) is 13.5. The lowest BCUT2D eigenvalue weighted by Crippen LogP contribution is -2.24. The largest absolute Gasteiger partial charge is 0.418 e. The summed E-state index contributed by atoms with van der Waals surface area (Å²) in [7, 11) is 0. The Morgan fingerprint density at radius 3 is 2.65 bits per heavy atom. The zero-order chi connectivity index (χ0) is 18.7. The first-order valence-electron chi connectivity index (χ1n) is 7.71. The number of carbonyl (C=O) groups is 1. The Labute approximate surface area is 147 Å². The van der Waals surface area contributed by atoms with E-state index in [1.54, 1.807) is 30.5 Å². The number of alkyl halides is 3. The van der Waals surface area contributed by atoms with Crippen molar-refractivity contribution in [3.63, 3.8) is 0 Å². The highest BCUT2D eigenvalue weighted by Gasteiger charge is 2.34. The van der Waals surface area contributed by atoms with Gasteiger partial charge in [-0.25, -0.2) is 4.98 Å². The van der Waals surface area contributed by atoms with E-state index < -0.39 is 17.6 Å². The molecule has 1 amide bonds. The van der Waals surface area contributed by atoms with Gasteiger partial charge in [0.1, 0.15) is 5.69 Å². The molecule has 2 heterocycles. The molecule has 0 spiro atoms. The molecule has 1 aromatic carbocycles. The Bertz CT molecular complexity index is 969. The molecule has 26 heavy (non-hydrogen) atoms. The molecule has 132 valence electrons. The highest BCUT2D eigenvalue weighted by molar-refractivity contribution is 5.95. The summed E-state index contributed by atoms with van der Waals surface area (Å²) in [6.07, 6.45) is -1.67. The molecule has 7 heteroatoms. The molecule has 0 fully saturated rings. The Morgan fingerprint density at radius 2 is 2.00 bits per heavy atom. The lowest BCUT2D eigenvalue weighted by Gasteiger charge is -2.12. The van der Waals surface area contributed by atoms with Crippen LogP contribution in [0.25, 0.3) is 17.0 Å². The van der Waals surface area contributed by atoms with Gasteiger partial charge >= 0.3 is 6.18 Å². The summed E-state index contributed by atoms with van der Waals surface area (Å²) in [5.41, 5.74) is -0.296. The molecule has 0 unspecified atom stereocenters. The van der Waals surface area contributed by atoms with Crippen LogP contribution in [0.3, 0.4) is 0 Å². The van der Waals surface area contributed by atoms with Gasteiger partial charge in [0, 0.05) is 11.6 Å². The Morgan fingerprint density at radius 1 is 1.19 bits per heavy atom. The van der Waals surface area contributed by atoms with Crippen LogP contribution in [-0.2, 0) is 12.7 Å². The lowest BCUT2D eigenvalue weighted by molar-refractivity contribution is -0.136. The van der Waals surface area contributed by atoms with Crippen molar-refractivity contribution in [2.45, 2.75) is 12.7 Å². The number of hydrogen-bond acceptors (Lipinski definition) is 3. The van der Waals surface area contributed by atoms with Crippen LogP contribution in [0, 0.1) is 0 Å². The number of carbonyl (C=O) groups excluding carboxylic acids is 1. The number of pyridine rings is 2. The fourth-order valence-electron chi connectivity index (χ4n) is 2.48. The molecule has 3 aromatic rings. The molecule has 0 saturated heterocycles. The second-order valence-electron chi connectivity index (χ2n) is 5.54. The number of benzene rings is 1. The van der Waals surface area contributed by atoms with Crippen molar-refractivity contribution in [2.24, 2.45) is 0 Å². The molecule has 1 N–H and O–H groups in total. The van der Waals surface area contributed by atoms with Crippen molar-refractivity contribution < 1.29 is 18.0 Å². The topological polar surface area (TPSA) is 54.9 Å². The number of rotatable bonds is 4. The van der Waals surface area contributed by atoms with Crippen molar-refractivity contribution in [2.75, 3.05) is 0 Å². The summed E-state index contributed by atoms with van der Waals surface area (Å²) in [5, 5.41) is 2.89. The second kappa shape index (κ2) is 6.95. The van der Waals surface area contributed by atoms with Gasteiger partial charge in [-0.15, -0.1) is 0 Å². The molecular formula is C19H14F3N3O. The SMILES string of the molecule is C=Cc1cc(C(F)(F)F)c2nc(C(=O)NCc3ccccn3)ccc2c1. The smallest absolute Gasteiger partial charge is 0.345 e.